The number of carboxylic acid groups (broad SMARTS) is 1. The maximum absolute atomic E-state index is 11.7. The molecule has 6 nitrogen and oxygen atoms in total. The number of thioether (sulfide) groups is 1. The van der Waals surface area contributed by atoms with Crippen LogP contribution in [0, 0.1) is 0 Å². The number of anilines is 1. The second-order valence-corrected chi connectivity index (χ2v) is 6.40. The van der Waals surface area contributed by atoms with E-state index in [9.17, 15) is 14.7 Å². The lowest BCUT2D eigenvalue weighted by atomic mass is 10.1. The molecule has 0 heterocycles. The lowest BCUT2D eigenvalue weighted by Crippen LogP contribution is -2.31. The molecular formula is C18H19NO5S. The van der Waals surface area contributed by atoms with Crippen molar-refractivity contribution in [3.05, 3.63) is 54.1 Å². The van der Waals surface area contributed by atoms with Gasteiger partial charge in [0.2, 0.25) is 6.10 Å². The Morgan fingerprint density at radius 2 is 1.76 bits per heavy atom. The molecule has 2 aromatic carbocycles. The number of ether oxygens (including phenoxy) is 2. The highest BCUT2D eigenvalue weighted by atomic mass is 32.2. The van der Waals surface area contributed by atoms with Crippen LogP contribution in [0.5, 0.6) is 5.75 Å². The van der Waals surface area contributed by atoms with E-state index in [1.807, 2.05) is 6.07 Å². The maximum Gasteiger partial charge on any atom is 0.346 e. The fourth-order valence-corrected chi connectivity index (χ4v) is 3.47. The van der Waals surface area contributed by atoms with Gasteiger partial charge >= 0.3 is 11.9 Å². The van der Waals surface area contributed by atoms with Crippen LogP contribution in [0.1, 0.15) is 17.7 Å². The number of para-hydroxylation sites is 1. The van der Waals surface area contributed by atoms with Crippen LogP contribution in [-0.4, -0.2) is 30.3 Å². The number of nitrogens with two attached hydrogens (primary N) is 1. The van der Waals surface area contributed by atoms with Crippen LogP contribution < -0.4 is 10.5 Å². The highest BCUT2D eigenvalue weighted by Crippen LogP contribution is 2.41. The van der Waals surface area contributed by atoms with Crippen molar-refractivity contribution < 1.29 is 24.2 Å². The summed E-state index contributed by atoms with van der Waals surface area (Å²) in [4.78, 5) is 23.8. The van der Waals surface area contributed by atoms with Gasteiger partial charge in [0.25, 0.3) is 0 Å². The zero-order valence-electron chi connectivity index (χ0n) is 13.8. The normalized spacial score (nSPS) is 12.9. The van der Waals surface area contributed by atoms with E-state index in [0.717, 1.165) is 0 Å². The summed E-state index contributed by atoms with van der Waals surface area (Å²) < 4.78 is 10.2. The smallest absolute Gasteiger partial charge is 0.346 e. The number of rotatable bonds is 7. The van der Waals surface area contributed by atoms with Crippen LogP contribution in [0.4, 0.5) is 5.69 Å². The van der Waals surface area contributed by atoms with Gasteiger partial charge in [-0.1, -0.05) is 24.3 Å². The van der Waals surface area contributed by atoms with E-state index in [-0.39, 0.29) is 0 Å². The number of hydrogen-bond donors (Lipinski definition) is 2. The van der Waals surface area contributed by atoms with E-state index < -0.39 is 23.3 Å². The Labute approximate surface area is 149 Å². The number of aliphatic carboxylic acids is 1. The number of hydrogen-bond acceptors (Lipinski definition) is 6. The van der Waals surface area contributed by atoms with Gasteiger partial charge < -0.3 is 20.3 Å². The predicted octanol–water partition coefficient (Wildman–Crippen LogP) is 3.13. The maximum atomic E-state index is 11.7. The van der Waals surface area contributed by atoms with Crippen molar-refractivity contribution in [3.63, 3.8) is 0 Å². The SMILES string of the molecule is COc1ccc(C(Sc2ccccc2N)C(OC(C)=O)C(=O)O)cc1. The van der Waals surface area contributed by atoms with Gasteiger partial charge in [0.15, 0.2) is 0 Å². The van der Waals surface area contributed by atoms with Crippen molar-refractivity contribution >= 4 is 29.4 Å². The average Bonchev–Trinajstić information content (AvgIpc) is 2.59. The van der Waals surface area contributed by atoms with Crippen molar-refractivity contribution in [3.8, 4) is 5.75 Å². The third kappa shape index (κ3) is 4.90. The Morgan fingerprint density at radius 3 is 2.28 bits per heavy atom. The van der Waals surface area contributed by atoms with Gasteiger partial charge in [-0.2, -0.15) is 0 Å². The third-order valence-electron chi connectivity index (χ3n) is 3.43. The van der Waals surface area contributed by atoms with E-state index in [1.165, 1.54) is 18.7 Å². The summed E-state index contributed by atoms with van der Waals surface area (Å²) >= 11 is 1.24. The molecule has 7 heteroatoms. The Kier molecular flexibility index (Phi) is 6.30. The van der Waals surface area contributed by atoms with E-state index in [2.05, 4.69) is 0 Å². The molecule has 0 aliphatic rings. The van der Waals surface area contributed by atoms with E-state index in [1.54, 1.807) is 49.6 Å². The van der Waals surface area contributed by atoms with E-state index >= 15 is 0 Å². The summed E-state index contributed by atoms with van der Waals surface area (Å²) in [5.41, 5.74) is 7.18. The minimum Gasteiger partial charge on any atom is -0.497 e. The molecule has 2 rings (SSSR count). The largest absolute Gasteiger partial charge is 0.497 e. The third-order valence-corrected chi connectivity index (χ3v) is 4.83. The molecule has 132 valence electrons. The van der Waals surface area contributed by atoms with Gasteiger partial charge in [-0.15, -0.1) is 11.8 Å². The number of carbonyl (C=O) groups excluding carboxylic acids is 1. The second kappa shape index (κ2) is 8.43. The van der Waals surface area contributed by atoms with E-state index in [0.29, 0.717) is 21.9 Å². The van der Waals surface area contributed by atoms with E-state index in [4.69, 9.17) is 15.2 Å². The highest BCUT2D eigenvalue weighted by Gasteiger charge is 2.33. The van der Waals surface area contributed by atoms with Gasteiger partial charge in [-0.05, 0) is 29.8 Å². The topological polar surface area (TPSA) is 98.9 Å². The van der Waals surface area contributed by atoms with Crippen LogP contribution in [0.3, 0.4) is 0 Å². The van der Waals surface area contributed by atoms with Crippen LogP contribution >= 0.6 is 11.8 Å². The summed E-state index contributed by atoms with van der Waals surface area (Å²) in [6.45, 7) is 1.18. The van der Waals surface area contributed by atoms with Crippen LogP contribution in [0.2, 0.25) is 0 Å². The molecule has 2 unspecified atom stereocenters. The molecule has 2 atom stereocenters. The van der Waals surface area contributed by atoms with Gasteiger partial charge in [-0.25, -0.2) is 4.79 Å². The van der Waals surface area contributed by atoms with Crippen LogP contribution in [-0.2, 0) is 14.3 Å². The standard InChI is InChI=1S/C18H19NO5S/c1-11(20)24-16(18(21)22)17(12-7-9-13(23-2)10-8-12)25-15-6-4-3-5-14(15)19/h3-10,16-17H,19H2,1-2H3,(H,21,22). The number of benzene rings is 2. The lowest BCUT2D eigenvalue weighted by Gasteiger charge is -2.24. The molecule has 0 saturated heterocycles. The summed E-state index contributed by atoms with van der Waals surface area (Å²) in [5, 5.41) is 8.89. The molecule has 3 N–H and O–H groups in total. The fraction of sp³-hybridized carbons (Fsp3) is 0.222. The highest BCUT2D eigenvalue weighted by molar-refractivity contribution is 7.99. The Hall–Kier alpha value is -2.67. The van der Waals surface area contributed by atoms with Gasteiger partial charge in [0, 0.05) is 17.5 Å². The molecule has 0 radical (unpaired) electrons. The van der Waals surface area contributed by atoms with Gasteiger partial charge in [-0.3, -0.25) is 4.79 Å². The average molecular weight is 361 g/mol. The zero-order chi connectivity index (χ0) is 18.4. The molecule has 0 aromatic heterocycles. The Bertz CT molecular complexity index is 747. The van der Waals surface area contributed by atoms with Crippen LogP contribution in [0.25, 0.3) is 0 Å². The number of methoxy groups -OCH3 is 1. The minimum atomic E-state index is -1.35. The first-order valence-electron chi connectivity index (χ1n) is 7.47. The molecular weight excluding hydrogens is 342 g/mol. The molecule has 0 fully saturated rings. The molecule has 25 heavy (non-hydrogen) atoms. The van der Waals surface area contributed by atoms with Gasteiger partial charge in [0.1, 0.15) is 5.75 Å². The fourth-order valence-electron chi connectivity index (χ4n) is 2.24. The number of esters is 1. The number of carbonyl (C=O) groups is 2. The molecule has 0 bridgehead atoms. The molecule has 0 aliphatic carbocycles. The van der Waals surface area contributed by atoms with Crippen molar-refractivity contribution in [2.24, 2.45) is 0 Å². The zero-order valence-corrected chi connectivity index (χ0v) is 14.7. The van der Waals surface area contributed by atoms with Crippen molar-refractivity contribution in [2.75, 3.05) is 12.8 Å². The minimum absolute atomic E-state index is 0.526. The molecule has 0 spiro atoms. The first-order valence-corrected chi connectivity index (χ1v) is 8.35. The van der Waals surface area contributed by atoms with Crippen molar-refractivity contribution in [1.82, 2.24) is 0 Å². The molecule has 2 aromatic rings. The summed E-state index contributed by atoms with van der Waals surface area (Å²) in [6, 6.07) is 14.1. The first-order chi connectivity index (χ1) is 11.9. The first kappa shape index (κ1) is 18.7. The molecule has 0 aliphatic heterocycles. The quantitative estimate of drug-likeness (QED) is 0.444. The van der Waals surface area contributed by atoms with Gasteiger partial charge in [0.05, 0.1) is 12.4 Å². The molecule has 0 amide bonds. The number of nitrogen functional groups attached to an aromatic ring is 1. The van der Waals surface area contributed by atoms with Crippen molar-refractivity contribution in [1.29, 1.82) is 0 Å². The number of carboxylic acids is 1. The molecule has 0 saturated carbocycles. The Balaban J connectivity index is 2.43. The summed E-state index contributed by atoms with van der Waals surface area (Å²) in [5.74, 6) is -1.24. The predicted molar refractivity (Wildman–Crippen MR) is 95.6 cm³/mol. The lowest BCUT2D eigenvalue weighted by molar-refractivity contribution is -0.162. The Morgan fingerprint density at radius 1 is 1.12 bits per heavy atom. The second-order valence-electron chi connectivity index (χ2n) is 5.22. The summed E-state index contributed by atoms with van der Waals surface area (Å²) in [6.07, 6.45) is -1.35. The van der Waals surface area contributed by atoms with Crippen molar-refractivity contribution in [2.45, 2.75) is 23.2 Å². The monoisotopic (exact) mass is 361 g/mol. The van der Waals surface area contributed by atoms with Crippen LogP contribution in [0.15, 0.2) is 53.4 Å². The summed E-state index contributed by atoms with van der Waals surface area (Å²) in [7, 11) is 1.55.